The van der Waals surface area contributed by atoms with Gasteiger partial charge in [0.15, 0.2) is 0 Å². The van der Waals surface area contributed by atoms with Crippen molar-refractivity contribution in [3.05, 3.63) is 83.6 Å². The minimum absolute atomic E-state index is 0.0773. The standard InChI is InChI=1S/C22H23N3O2/c1-16-7-3-4-8-17(16)13-22(26)25-21-12-11-19(15-24-21)23-14-18-9-5-6-10-20(18)27-2/h3-12,15,23H,13-14H2,1-2H3,(H,24,25,26). The van der Waals surface area contributed by atoms with Crippen LogP contribution >= 0.6 is 0 Å². The molecule has 0 aliphatic rings. The largest absolute Gasteiger partial charge is 0.496 e. The van der Waals surface area contributed by atoms with Crippen LogP contribution < -0.4 is 15.4 Å². The van der Waals surface area contributed by atoms with Gasteiger partial charge in [-0.1, -0.05) is 42.5 Å². The maximum absolute atomic E-state index is 12.2. The Morgan fingerprint density at radius 1 is 1.00 bits per heavy atom. The van der Waals surface area contributed by atoms with Crippen LogP contribution in [0.1, 0.15) is 16.7 Å². The molecule has 0 saturated heterocycles. The first-order valence-electron chi connectivity index (χ1n) is 8.82. The van der Waals surface area contributed by atoms with Crippen molar-refractivity contribution >= 4 is 17.4 Å². The molecule has 0 unspecified atom stereocenters. The predicted octanol–water partition coefficient (Wildman–Crippen LogP) is 4.19. The fraction of sp³-hybridized carbons (Fsp3) is 0.182. The predicted molar refractivity (Wildman–Crippen MR) is 108 cm³/mol. The summed E-state index contributed by atoms with van der Waals surface area (Å²) in [5.74, 6) is 1.31. The summed E-state index contributed by atoms with van der Waals surface area (Å²) in [6, 6.07) is 19.4. The molecule has 5 heteroatoms. The number of benzene rings is 2. The zero-order chi connectivity index (χ0) is 19.1. The number of carbonyl (C=O) groups is 1. The molecule has 1 amide bonds. The quantitative estimate of drug-likeness (QED) is 0.662. The van der Waals surface area contributed by atoms with E-state index in [1.165, 1.54) is 0 Å². The van der Waals surface area contributed by atoms with Gasteiger partial charge in [-0.3, -0.25) is 4.79 Å². The molecule has 0 bridgehead atoms. The first-order valence-corrected chi connectivity index (χ1v) is 8.82. The molecule has 0 radical (unpaired) electrons. The van der Waals surface area contributed by atoms with Gasteiger partial charge in [0, 0.05) is 12.1 Å². The number of anilines is 2. The zero-order valence-corrected chi connectivity index (χ0v) is 15.5. The summed E-state index contributed by atoms with van der Waals surface area (Å²) in [7, 11) is 1.66. The third-order valence-electron chi connectivity index (χ3n) is 4.32. The third-order valence-corrected chi connectivity index (χ3v) is 4.32. The van der Waals surface area contributed by atoms with Crippen molar-refractivity contribution in [2.75, 3.05) is 17.7 Å². The topological polar surface area (TPSA) is 63.2 Å². The van der Waals surface area contributed by atoms with Crippen LogP contribution in [-0.2, 0) is 17.8 Å². The Labute approximate surface area is 159 Å². The van der Waals surface area contributed by atoms with E-state index in [-0.39, 0.29) is 5.91 Å². The van der Waals surface area contributed by atoms with Crippen LogP contribution in [0.4, 0.5) is 11.5 Å². The Kier molecular flexibility index (Phi) is 6.05. The van der Waals surface area contributed by atoms with E-state index in [1.807, 2.05) is 61.5 Å². The summed E-state index contributed by atoms with van der Waals surface area (Å²) in [6.45, 7) is 2.63. The lowest BCUT2D eigenvalue weighted by Gasteiger charge is -2.11. The summed E-state index contributed by atoms with van der Waals surface area (Å²) < 4.78 is 5.35. The number of para-hydroxylation sites is 1. The van der Waals surface area contributed by atoms with Gasteiger partial charge in [-0.25, -0.2) is 4.98 Å². The van der Waals surface area contributed by atoms with Crippen LogP contribution in [0.15, 0.2) is 66.9 Å². The van der Waals surface area contributed by atoms with Crippen LogP contribution in [0.2, 0.25) is 0 Å². The molecule has 3 aromatic rings. The van der Waals surface area contributed by atoms with Crippen LogP contribution in [0, 0.1) is 6.92 Å². The Balaban J connectivity index is 1.55. The molecule has 0 fully saturated rings. The average molecular weight is 361 g/mol. The van der Waals surface area contributed by atoms with Gasteiger partial charge in [0.25, 0.3) is 0 Å². The smallest absolute Gasteiger partial charge is 0.229 e. The van der Waals surface area contributed by atoms with Crippen molar-refractivity contribution in [1.29, 1.82) is 0 Å². The van der Waals surface area contributed by atoms with Crippen molar-refractivity contribution in [2.24, 2.45) is 0 Å². The summed E-state index contributed by atoms with van der Waals surface area (Å²) in [5, 5.41) is 6.15. The number of hydrogen-bond acceptors (Lipinski definition) is 4. The highest BCUT2D eigenvalue weighted by Crippen LogP contribution is 2.19. The van der Waals surface area contributed by atoms with Crippen molar-refractivity contribution < 1.29 is 9.53 Å². The highest BCUT2D eigenvalue weighted by atomic mass is 16.5. The van der Waals surface area contributed by atoms with Crippen LogP contribution in [0.25, 0.3) is 0 Å². The number of carbonyl (C=O) groups excluding carboxylic acids is 1. The van der Waals surface area contributed by atoms with Gasteiger partial charge in [0.2, 0.25) is 5.91 Å². The van der Waals surface area contributed by atoms with Crippen molar-refractivity contribution in [3.63, 3.8) is 0 Å². The molecule has 0 saturated carbocycles. The molecular formula is C22H23N3O2. The molecule has 2 aromatic carbocycles. The number of rotatable bonds is 7. The van der Waals surface area contributed by atoms with E-state index >= 15 is 0 Å². The first-order chi connectivity index (χ1) is 13.2. The average Bonchev–Trinajstić information content (AvgIpc) is 2.69. The maximum atomic E-state index is 12.2. The number of methoxy groups -OCH3 is 1. The SMILES string of the molecule is COc1ccccc1CNc1ccc(NC(=O)Cc2ccccc2C)nc1. The molecule has 5 nitrogen and oxygen atoms in total. The lowest BCUT2D eigenvalue weighted by Crippen LogP contribution is -2.15. The molecule has 138 valence electrons. The van der Waals surface area contributed by atoms with E-state index in [0.717, 1.165) is 28.1 Å². The first kappa shape index (κ1) is 18.5. The Morgan fingerprint density at radius 3 is 2.44 bits per heavy atom. The lowest BCUT2D eigenvalue weighted by molar-refractivity contribution is -0.115. The Bertz CT molecular complexity index is 907. The van der Waals surface area contributed by atoms with Gasteiger partial charge in [0.1, 0.15) is 11.6 Å². The fourth-order valence-electron chi connectivity index (χ4n) is 2.79. The number of amides is 1. The van der Waals surface area contributed by atoms with Crippen LogP contribution in [-0.4, -0.2) is 18.0 Å². The zero-order valence-electron chi connectivity index (χ0n) is 15.5. The van der Waals surface area contributed by atoms with Gasteiger partial charge in [-0.05, 0) is 36.2 Å². The van der Waals surface area contributed by atoms with Gasteiger partial charge in [-0.15, -0.1) is 0 Å². The fourth-order valence-corrected chi connectivity index (χ4v) is 2.79. The molecule has 0 aliphatic heterocycles. The molecule has 0 atom stereocenters. The Morgan fingerprint density at radius 2 is 1.74 bits per heavy atom. The van der Waals surface area contributed by atoms with Crippen molar-refractivity contribution in [1.82, 2.24) is 4.98 Å². The number of nitrogens with one attached hydrogen (secondary N) is 2. The van der Waals surface area contributed by atoms with E-state index < -0.39 is 0 Å². The maximum Gasteiger partial charge on any atom is 0.229 e. The van der Waals surface area contributed by atoms with E-state index in [0.29, 0.717) is 18.8 Å². The molecule has 1 aromatic heterocycles. The highest BCUT2D eigenvalue weighted by Gasteiger charge is 2.07. The molecule has 2 N–H and O–H groups in total. The minimum atomic E-state index is -0.0773. The normalized spacial score (nSPS) is 10.3. The molecule has 0 spiro atoms. The molecule has 3 rings (SSSR count). The number of aryl methyl sites for hydroxylation is 1. The summed E-state index contributed by atoms with van der Waals surface area (Å²) in [4.78, 5) is 16.5. The van der Waals surface area contributed by atoms with Gasteiger partial charge < -0.3 is 15.4 Å². The molecule has 1 heterocycles. The van der Waals surface area contributed by atoms with E-state index in [4.69, 9.17) is 4.74 Å². The molecule has 27 heavy (non-hydrogen) atoms. The number of hydrogen-bond donors (Lipinski definition) is 2. The second-order valence-electron chi connectivity index (χ2n) is 6.25. The van der Waals surface area contributed by atoms with Crippen LogP contribution in [0.5, 0.6) is 5.75 Å². The lowest BCUT2D eigenvalue weighted by atomic mass is 10.1. The van der Waals surface area contributed by atoms with Gasteiger partial charge in [-0.2, -0.15) is 0 Å². The van der Waals surface area contributed by atoms with Crippen molar-refractivity contribution in [3.8, 4) is 5.75 Å². The summed E-state index contributed by atoms with van der Waals surface area (Å²) in [6.07, 6.45) is 2.04. The Hall–Kier alpha value is -3.34. The number of pyridine rings is 1. The third kappa shape index (κ3) is 5.07. The minimum Gasteiger partial charge on any atom is -0.496 e. The monoisotopic (exact) mass is 361 g/mol. The second kappa shape index (κ2) is 8.85. The van der Waals surface area contributed by atoms with E-state index in [1.54, 1.807) is 19.4 Å². The number of aromatic nitrogens is 1. The van der Waals surface area contributed by atoms with E-state index in [9.17, 15) is 4.79 Å². The molecular weight excluding hydrogens is 338 g/mol. The van der Waals surface area contributed by atoms with E-state index in [2.05, 4.69) is 15.6 Å². The van der Waals surface area contributed by atoms with Gasteiger partial charge in [0.05, 0.1) is 25.4 Å². The summed E-state index contributed by atoms with van der Waals surface area (Å²) in [5.41, 5.74) is 4.06. The van der Waals surface area contributed by atoms with Gasteiger partial charge >= 0.3 is 0 Å². The number of nitrogens with zero attached hydrogens (tertiary/aromatic N) is 1. The molecule has 0 aliphatic carbocycles. The summed E-state index contributed by atoms with van der Waals surface area (Å²) >= 11 is 0. The highest BCUT2D eigenvalue weighted by molar-refractivity contribution is 5.91. The number of ether oxygens (including phenoxy) is 1. The van der Waals surface area contributed by atoms with Crippen LogP contribution in [0.3, 0.4) is 0 Å². The second-order valence-corrected chi connectivity index (χ2v) is 6.25. The van der Waals surface area contributed by atoms with Crippen molar-refractivity contribution in [2.45, 2.75) is 19.9 Å².